The molecule has 36 valence electrons. The van der Waals surface area contributed by atoms with Crippen LogP contribution < -0.4 is 34.7 Å². The summed E-state index contributed by atoms with van der Waals surface area (Å²) in [4.78, 5) is 9.87. The molecule has 0 spiro atoms. The molecule has 0 aromatic carbocycles. The van der Waals surface area contributed by atoms with Gasteiger partial charge in [0.25, 0.3) is 0 Å². The number of rotatable bonds is 2. The molecule has 0 radical (unpaired) electrons. The number of ketones is 1. The smallest absolute Gasteiger partial charge is 0.849 e. The van der Waals surface area contributed by atoms with Crippen LogP contribution in [0.25, 0.3) is 0 Å². The Hall–Kier alpha value is 0.630. The summed E-state index contributed by atoms with van der Waals surface area (Å²) in [6.07, 6.45) is 0.378. The quantitative estimate of drug-likeness (QED) is 0.344. The Morgan fingerprint density at radius 3 is 2.14 bits per heavy atom. The van der Waals surface area contributed by atoms with Crippen LogP contribution in [-0.2, 0) is 4.79 Å². The Bertz CT molecular complexity index is 47.7. The van der Waals surface area contributed by atoms with Gasteiger partial charge in [0, 0.05) is 6.42 Å². The third-order valence-electron chi connectivity index (χ3n) is 0.555. The number of carbonyl (C=O) groups excluding carboxylic acids is 1. The van der Waals surface area contributed by atoms with Crippen LogP contribution in [0.2, 0.25) is 0 Å². The molecule has 0 atom stereocenters. The van der Waals surface area contributed by atoms with Crippen molar-refractivity contribution in [3.8, 4) is 0 Å². The van der Waals surface area contributed by atoms with E-state index >= 15 is 0 Å². The van der Waals surface area contributed by atoms with Crippen LogP contribution in [0.15, 0.2) is 0 Å². The van der Waals surface area contributed by atoms with Crippen LogP contribution in [0.1, 0.15) is 13.3 Å². The molecule has 0 rings (SSSR count). The van der Waals surface area contributed by atoms with E-state index in [-0.39, 0.29) is 35.3 Å². The van der Waals surface area contributed by atoms with Gasteiger partial charge < -0.3 is 9.90 Å². The number of hydrogen-bond donors (Lipinski definition) is 0. The summed E-state index contributed by atoms with van der Waals surface area (Å²) in [5.41, 5.74) is 0. The summed E-state index contributed by atoms with van der Waals surface area (Å²) in [6, 6.07) is 0. The van der Waals surface area contributed by atoms with E-state index in [4.69, 9.17) is 0 Å². The molecule has 0 aromatic heterocycles. The molecule has 0 aliphatic carbocycles. The maximum atomic E-state index is 9.87. The fourth-order valence-electron chi connectivity index (χ4n) is 0.102. The van der Waals surface area contributed by atoms with Crippen molar-refractivity contribution in [1.29, 1.82) is 0 Å². The Kier molecular flexibility index (Phi) is 10.0. The molecule has 0 bridgehead atoms. The van der Waals surface area contributed by atoms with Crippen molar-refractivity contribution in [2.45, 2.75) is 13.3 Å². The van der Waals surface area contributed by atoms with Crippen LogP contribution in [0.5, 0.6) is 0 Å². The van der Waals surface area contributed by atoms with E-state index in [0.717, 1.165) is 0 Å². The average Bonchev–Trinajstić information content (AvgIpc) is 1.65. The van der Waals surface area contributed by atoms with Crippen molar-refractivity contribution < 1.29 is 39.5 Å². The second-order valence-electron chi connectivity index (χ2n) is 1.04. The topological polar surface area (TPSA) is 40.1 Å². The van der Waals surface area contributed by atoms with Gasteiger partial charge in [-0.25, -0.2) is 0 Å². The zero-order valence-electron chi connectivity index (χ0n) is 4.73. The molecule has 7 heavy (non-hydrogen) atoms. The normalized spacial score (nSPS) is 7.14. The maximum Gasteiger partial charge on any atom is 1.00 e. The van der Waals surface area contributed by atoms with Crippen molar-refractivity contribution in [2.75, 3.05) is 6.61 Å². The van der Waals surface area contributed by atoms with Gasteiger partial charge in [-0.05, 0) is 0 Å². The van der Waals surface area contributed by atoms with Gasteiger partial charge in [-0.15, -0.1) is 0 Å². The summed E-state index contributed by atoms with van der Waals surface area (Å²) >= 11 is 0. The van der Waals surface area contributed by atoms with Gasteiger partial charge in [0.1, 0.15) is 5.78 Å². The Labute approximate surface area is 65.2 Å². The standard InChI is InChI=1S/C4H7O2.Na/c1-2-4(6)3-5;/h2-3H2,1H3;/q-1;+1. The monoisotopic (exact) mass is 110 g/mol. The molecular formula is C4H7NaO2. The van der Waals surface area contributed by atoms with Gasteiger partial charge in [-0.2, -0.15) is 0 Å². The van der Waals surface area contributed by atoms with Gasteiger partial charge >= 0.3 is 29.6 Å². The SMILES string of the molecule is CCC(=O)C[O-].[Na+]. The van der Waals surface area contributed by atoms with Crippen molar-refractivity contribution in [2.24, 2.45) is 0 Å². The van der Waals surface area contributed by atoms with Gasteiger partial charge in [-0.3, -0.25) is 0 Å². The van der Waals surface area contributed by atoms with Crippen molar-refractivity contribution in [3.63, 3.8) is 0 Å². The molecule has 0 fully saturated rings. The Morgan fingerprint density at radius 2 is 2.14 bits per heavy atom. The first-order valence-electron chi connectivity index (χ1n) is 1.91. The summed E-state index contributed by atoms with van der Waals surface area (Å²) in [5, 5.41) is 9.51. The Balaban J connectivity index is 0. The van der Waals surface area contributed by atoms with Gasteiger partial charge in [0.15, 0.2) is 0 Å². The van der Waals surface area contributed by atoms with Gasteiger partial charge in [-0.1, -0.05) is 13.5 Å². The first-order valence-corrected chi connectivity index (χ1v) is 1.91. The van der Waals surface area contributed by atoms with Gasteiger partial charge in [0.2, 0.25) is 0 Å². The number of Topliss-reactive ketones (excluding diaryl/α,β-unsaturated/α-hetero) is 1. The zero-order valence-corrected chi connectivity index (χ0v) is 6.73. The molecule has 0 heterocycles. The second-order valence-corrected chi connectivity index (χ2v) is 1.04. The molecular weight excluding hydrogens is 103 g/mol. The van der Waals surface area contributed by atoms with Crippen molar-refractivity contribution in [1.82, 2.24) is 0 Å². The molecule has 3 heteroatoms. The van der Waals surface area contributed by atoms with E-state index in [2.05, 4.69) is 0 Å². The molecule has 0 saturated carbocycles. The van der Waals surface area contributed by atoms with Gasteiger partial charge in [0.05, 0.1) is 0 Å². The molecule has 0 unspecified atom stereocenters. The second kappa shape index (κ2) is 6.63. The molecule has 2 nitrogen and oxygen atoms in total. The Morgan fingerprint density at radius 1 is 1.71 bits per heavy atom. The summed E-state index contributed by atoms with van der Waals surface area (Å²) < 4.78 is 0. The zero-order chi connectivity index (χ0) is 4.99. The fraction of sp³-hybridized carbons (Fsp3) is 0.750. The predicted molar refractivity (Wildman–Crippen MR) is 20.2 cm³/mol. The van der Waals surface area contributed by atoms with E-state index < -0.39 is 6.61 Å². The van der Waals surface area contributed by atoms with Crippen LogP contribution in [0, 0.1) is 0 Å². The third-order valence-corrected chi connectivity index (χ3v) is 0.555. The minimum atomic E-state index is -0.559. The maximum absolute atomic E-state index is 9.87. The van der Waals surface area contributed by atoms with E-state index in [9.17, 15) is 9.90 Å². The molecule has 0 N–H and O–H groups in total. The number of hydrogen-bond acceptors (Lipinski definition) is 2. The molecule has 0 aliphatic rings. The van der Waals surface area contributed by atoms with Crippen LogP contribution in [0.3, 0.4) is 0 Å². The van der Waals surface area contributed by atoms with Crippen molar-refractivity contribution >= 4 is 5.78 Å². The van der Waals surface area contributed by atoms with Crippen LogP contribution in [0.4, 0.5) is 0 Å². The third kappa shape index (κ3) is 6.63. The van der Waals surface area contributed by atoms with Crippen LogP contribution >= 0.6 is 0 Å². The average molecular weight is 110 g/mol. The minimum absolute atomic E-state index is 0. The first-order chi connectivity index (χ1) is 2.81. The fourth-order valence-corrected chi connectivity index (χ4v) is 0.102. The van der Waals surface area contributed by atoms with E-state index in [0.29, 0.717) is 6.42 Å². The van der Waals surface area contributed by atoms with Crippen LogP contribution in [-0.4, -0.2) is 12.4 Å². The minimum Gasteiger partial charge on any atom is -0.849 e. The predicted octanol–water partition coefficient (Wildman–Crippen LogP) is -3.67. The van der Waals surface area contributed by atoms with E-state index in [1.165, 1.54) is 0 Å². The molecule has 0 aliphatic heterocycles. The van der Waals surface area contributed by atoms with E-state index in [1.54, 1.807) is 6.92 Å². The molecule has 0 aromatic rings. The summed E-state index contributed by atoms with van der Waals surface area (Å²) in [6.45, 7) is 1.12. The van der Waals surface area contributed by atoms with E-state index in [1.807, 2.05) is 0 Å². The largest absolute Gasteiger partial charge is 1.00 e. The molecule has 0 saturated heterocycles. The molecule has 0 amide bonds. The van der Waals surface area contributed by atoms with Crippen molar-refractivity contribution in [3.05, 3.63) is 0 Å². The first kappa shape index (κ1) is 10.6. The number of carbonyl (C=O) groups is 1. The summed E-state index contributed by atoms with van der Waals surface area (Å²) in [7, 11) is 0. The summed E-state index contributed by atoms with van der Waals surface area (Å²) in [5.74, 6) is -0.213.